The molecule has 3 rings (SSSR count). The van der Waals surface area contributed by atoms with E-state index in [2.05, 4.69) is 30.7 Å². The Morgan fingerprint density at radius 3 is 2.50 bits per heavy atom. The molecule has 28 heavy (non-hydrogen) atoms. The van der Waals surface area contributed by atoms with Crippen molar-refractivity contribution in [1.29, 1.82) is 0 Å². The third-order valence-electron chi connectivity index (χ3n) is 6.48. The number of hydrogen-bond acceptors (Lipinski definition) is 3. The van der Waals surface area contributed by atoms with Gasteiger partial charge < -0.3 is 9.88 Å². The lowest BCUT2D eigenvalue weighted by Gasteiger charge is -2.33. The third kappa shape index (κ3) is 3.74. The molecule has 1 aliphatic carbocycles. The predicted molar refractivity (Wildman–Crippen MR) is 108 cm³/mol. The van der Waals surface area contributed by atoms with Crippen molar-refractivity contribution in [3.63, 3.8) is 0 Å². The van der Waals surface area contributed by atoms with Gasteiger partial charge in [0.15, 0.2) is 5.78 Å². The van der Waals surface area contributed by atoms with Crippen molar-refractivity contribution in [2.75, 3.05) is 6.54 Å². The number of rotatable bonds is 6. The van der Waals surface area contributed by atoms with E-state index in [1.54, 1.807) is 0 Å². The predicted octanol–water partition coefficient (Wildman–Crippen LogP) is 3.83. The first-order chi connectivity index (χ1) is 13.1. The minimum absolute atomic E-state index is 0.173. The standard InChI is InChI=1S/C22H33N3O3/c1-14(2)8-11-24-16(4)12-18(17(24)5)19(26)13-25-20(27)22(23-21(25)28)9-6-15(3)7-10-22/h12,14-15H,6-11,13H2,1-5H3,(H,23,28). The lowest BCUT2D eigenvalue weighted by Crippen LogP contribution is -2.49. The Hall–Kier alpha value is -2.11. The topological polar surface area (TPSA) is 71.4 Å². The molecule has 1 aliphatic heterocycles. The zero-order chi connectivity index (χ0) is 20.6. The highest BCUT2D eigenvalue weighted by Gasteiger charge is 2.52. The van der Waals surface area contributed by atoms with Gasteiger partial charge in [0.2, 0.25) is 0 Å². The van der Waals surface area contributed by atoms with Gasteiger partial charge in [0.25, 0.3) is 5.91 Å². The van der Waals surface area contributed by atoms with Crippen LogP contribution in [0.4, 0.5) is 4.79 Å². The van der Waals surface area contributed by atoms with Crippen LogP contribution in [0, 0.1) is 25.7 Å². The van der Waals surface area contributed by atoms with Gasteiger partial charge in [-0.1, -0.05) is 20.8 Å². The quantitative estimate of drug-likeness (QED) is 0.595. The van der Waals surface area contributed by atoms with Gasteiger partial charge in [-0.25, -0.2) is 4.79 Å². The van der Waals surface area contributed by atoms with Crippen molar-refractivity contribution in [2.24, 2.45) is 11.8 Å². The number of imide groups is 1. The average Bonchev–Trinajstić information content (AvgIpc) is 3.04. The highest BCUT2D eigenvalue weighted by molar-refractivity contribution is 6.11. The average molecular weight is 388 g/mol. The van der Waals surface area contributed by atoms with Crippen LogP contribution >= 0.6 is 0 Å². The Morgan fingerprint density at radius 1 is 1.25 bits per heavy atom. The number of urea groups is 1. The molecular weight excluding hydrogens is 354 g/mol. The van der Waals surface area contributed by atoms with Crippen molar-refractivity contribution in [1.82, 2.24) is 14.8 Å². The molecule has 0 atom stereocenters. The number of carbonyl (C=O) groups excluding carboxylic acids is 3. The van der Waals surface area contributed by atoms with Crippen molar-refractivity contribution >= 4 is 17.7 Å². The van der Waals surface area contributed by atoms with Gasteiger partial charge in [-0.3, -0.25) is 14.5 Å². The van der Waals surface area contributed by atoms with Gasteiger partial charge in [0, 0.05) is 23.5 Å². The zero-order valence-corrected chi connectivity index (χ0v) is 17.8. The Kier molecular flexibility index (Phi) is 5.69. The number of amides is 3. The number of aromatic nitrogens is 1. The molecule has 0 bridgehead atoms. The van der Waals surface area contributed by atoms with E-state index in [-0.39, 0.29) is 18.2 Å². The normalized spacial score (nSPS) is 25.1. The molecule has 0 unspecified atom stereocenters. The van der Waals surface area contributed by atoms with Gasteiger partial charge >= 0.3 is 6.03 Å². The minimum Gasteiger partial charge on any atom is -0.348 e. The molecule has 3 amide bonds. The molecule has 1 aromatic heterocycles. The second-order valence-electron chi connectivity index (χ2n) is 9.13. The molecule has 1 saturated heterocycles. The second-order valence-corrected chi connectivity index (χ2v) is 9.13. The molecular formula is C22H33N3O3. The third-order valence-corrected chi connectivity index (χ3v) is 6.48. The van der Waals surface area contributed by atoms with Crippen molar-refractivity contribution in [2.45, 2.75) is 78.8 Å². The van der Waals surface area contributed by atoms with E-state index in [0.29, 0.717) is 30.2 Å². The van der Waals surface area contributed by atoms with Crippen LogP contribution < -0.4 is 5.32 Å². The largest absolute Gasteiger partial charge is 0.348 e. The highest BCUT2D eigenvalue weighted by atomic mass is 16.2. The molecule has 6 nitrogen and oxygen atoms in total. The number of nitrogens with one attached hydrogen (secondary N) is 1. The minimum atomic E-state index is -0.794. The molecule has 6 heteroatoms. The van der Waals surface area contributed by atoms with Crippen LogP contribution in [-0.4, -0.2) is 39.3 Å². The van der Waals surface area contributed by atoms with Crippen LogP contribution in [0.15, 0.2) is 6.07 Å². The summed E-state index contributed by atoms with van der Waals surface area (Å²) in [4.78, 5) is 39.5. The SMILES string of the molecule is Cc1cc(C(=O)CN2C(=O)NC3(CCC(C)CC3)C2=O)c(C)n1CCC(C)C. The van der Waals surface area contributed by atoms with Crippen molar-refractivity contribution in [3.05, 3.63) is 23.0 Å². The summed E-state index contributed by atoms with van der Waals surface area (Å²) in [5.41, 5.74) is 1.77. The highest BCUT2D eigenvalue weighted by Crippen LogP contribution is 2.36. The zero-order valence-electron chi connectivity index (χ0n) is 17.8. The van der Waals surface area contributed by atoms with Crippen molar-refractivity contribution < 1.29 is 14.4 Å². The fourth-order valence-electron chi connectivity index (χ4n) is 4.46. The molecule has 1 aromatic rings. The van der Waals surface area contributed by atoms with E-state index < -0.39 is 11.6 Å². The second kappa shape index (κ2) is 7.72. The molecule has 1 saturated carbocycles. The van der Waals surface area contributed by atoms with Crippen LogP contribution in [0.3, 0.4) is 0 Å². The van der Waals surface area contributed by atoms with Crippen LogP contribution in [-0.2, 0) is 11.3 Å². The summed E-state index contributed by atoms with van der Waals surface area (Å²) in [6.07, 6.45) is 4.20. The summed E-state index contributed by atoms with van der Waals surface area (Å²) in [7, 11) is 0. The fraction of sp³-hybridized carbons (Fsp3) is 0.682. The molecule has 2 aliphatic rings. The first kappa shape index (κ1) is 20.6. The molecule has 0 radical (unpaired) electrons. The van der Waals surface area contributed by atoms with Crippen LogP contribution in [0.2, 0.25) is 0 Å². The van der Waals surface area contributed by atoms with Gasteiger partial charge in [-0.05, 0) is 63.9 Å². The summed E-state index contributed by atoms with van der Waals surface area (Å²) < 4.78 is 2.16. The van der Waals surface area contributed by atoms with E-state index in [1.807, 2.05) is 19.9 Å². The van der Waals surface area contributed by atoms with E-state index in [0.717, 1.165) is 42.1 Å². The Balaban J connectivity index is 1.74. The first-order valence-electron chi connectivity index (χ1n) is 10.5. The summed E-state index contributed by atoms with van der Waals surface area (Å²) in [6.45, 7) is 11.2. The number of carbonyl (C=O) groups is 3. The van der Waals surface area contributed by atoms with Crippen LogP contribution in [0.5, 0.6) is 0 Å². The van der Waals surface area contributed by atoms with E-state index in [9.17, 15) is 14.4 Å². The number of aryl methyl sites for hydroxylation is 1. The summed E-state index contributed by atoms with van der Waals surface area (Å²) >= 11 is 0. The Bertz CT molecular complexity index is 785. The van der Waals surface area contributed by atoms with E-state index >= 15 is 0 Å². The maximum absolute atomic E-state index is 13.0. The first-order valence-corrected chi connectivity index (χ1v) is 10.5. The number of hydrogen-bond donors (Lipinski definition) is 1. The smallest absolute Gasteiger partial charge is 0.325 e. The molecule has 1 N–H and O–H groups in total. The van der Waals surface area contributed by atoms with E-state index in [1.165, 1.54) is 0 Å². The Labute approximate surface area is 167 Å². The molecule has 2 fully saturated rings. The summed E-state index contributed by atoms with van der Waals surface area (Å²) in [5, 5.41) is 2.89. The van der Waals surface area contributed by atoms with Gasteiger partial charge in [-0.15, -0.1) is 0 Å². The monoisotopic (exact) mass is 387 g/mol. The number of nitrogens with zero attached hydrogens (tertiary/aromatic N) is 2. The molecule has 1 spiro atoms. The summed E-state index contributed by atoms with van der Waals surface area (Å²) in [5.74, 6) is 0.753. The van der Waals surface area contributed by atoms with Gasteiger partial charge in [-0.2, -0.15) is 0 Å². The Morgan fingerprint density at radius 2 is 1.89 bits per heavy atom. The van der Waals surface area contributed by atoms with Crippen molar-refractivity contribution in [3.8, 4) is 0 Å². The maximum Gasteiger partial charge on any atom is 0.325 e. The van der Waals surface area contributed by atoms with Crippen LogP contribution in [0.25, 0.3) is 0 Å². The van der Waals surface area contributed by atoms with E-state index in [4.69, 9.17) is 0 Å². The lowest BCUT2D eigenvalue weighted by molar-refractivity contribution is -0.132. The lowest BCUT2D eigenvalue weighted by atomic mass is 9.77. The molecule has 2 heterocycles. The van der Waals surface area contributed by atoms with Gasteiger partial charge in [0.1, 0.15) is 5.54 Å². The number of ketones is 1. The number of Topliss-reactive ketones (excluding diaryl/α,β-unsaturated/α-hetero) is 1. The van der Waals surface area contributed by atoms with Crippen LogP contribution in [0.1, 0.15) is 74.6 Å². The molecule has 154 valence electrons. The maximum atomic E-state index is 13.0. The molecule has 0 aromatic carbocycles. The fourth-order valence-corrected chi connectivity index (χ4v) is 4.46. The van der Waals surface area contributed by atoms with Gasteiger partial charge in [0.05, 0.1) is 6.54 Å². The summed E-state index contributed by atoms with van der Waals surface area (Å²) in [6, 6.07) is 1.45.